The molecule has 188 valence electrons. The number of anilines is 1. The van der Waals surface area contributed by atoms with E-state index in [0.717, 1.165) is 16.4 Å². The predicted octanol–water partition coefficient (Wildman–Crippen LogP) is 1.21. The summed E-state index contributed by atoms with van der Waals surface area (Å²) < 4.78 is 66.4. The second-order valence-corrected chi connectivity index (χ2v) is 9.46. The number of hydrogen-bond donors (Lipinski definition) is 3. The largest absolute Gasteiger partial charge is 0.433 e. The van der Waals surface area contributed by atoms with E-state index in [4.69, 9.17) is 0 Å². The molecule has 0 atom stereocenters. The molecule has 15 heteroatoms. The Balaban J connectivity index is 1.59. The molecule has 35 heavy (non-hydrogen) atoms. The molecule has 0 unspecified atom stereocenters. The predicted molar refractivity (Wildman–Crippen MR) is 121 cm³/mol. The van der Waals surface area contributed by atoms with E-state index >= 15 is 0 Å². The molecule has 3 aromatic rings. The lowest BCUT2D eigenvalue weighted by Crippen LogP contribution is -2.40. The summed E-state index contributed by atoms with van der Waals surface area (Å²) in [4.78, 5) is 27.8. The molecule has 0 spiro atoms. The quantitative estimate of drug-likeness (QED) is 0.368. The van der Waals surface area contributed by atoms with Gasteiger partial charge in [0.1, 0.15) is 17.9 Å². The molecule has 0 bridgehead atoms. The Morgan fingerprint density at radius 2 is 1.86 bits per heavy atom. The van der Waals surface area contributed by atoms with Crippen molar-refractivity contribution in [3.63, 3.8) is 0 Å². The fraction of sp³-hybridized carbons (Fsp3) is 0.300. The number of nitrogens with zero attached hydrogens (tertiary/aromatic N) is 4. The molecule has 0 fully saturated rings. The fourth-order valence-corrected chi connectivity index (χ4v) is 3.48. The van der Waals surface area contributed by atoms with E-state index in [1.165, 1.54) is 30.9 Å². The lowest BCUT2D eigenvalue weighted by molar-refractivity contribution is -0.141. The van der Waals surface area contributed by atoms with Crippen molar-refractivity contribution in [3.05, 3.63) is 54.0 Å². The Bertz CT molecular complexity index is 1340. The van der Waals surface area contributed by atoms with E-state index in [9.17, 15) is 31.2 Å². The molecule has 0 radical (unpaired) electrons. The third-order valence-electron chi connectivity index (χ3n) is 4.60. The summed E-state index contributed by atoms with van der Waals surface area (Å²) in [5.41, 5.74) is -0.735. The van der Waals surface area contributed by atoms with Gasteiger partial charge in [0.2, 0.25) is 5.91 Å². The highest BCUT2D eigenvalue weighted by molar-refractivity contribution is 7.87. The summed E-state index contributed by atoms with van der Waals surface area (Å²) in [5.74, 6) is -1.21. The molecule has 0 aliphatic rings. The second-order valence-electron chi connectivity index (χ2n) is 7.49. The van der Waals surface area contributed by atoms with Gasteiger partial charge in [-0.3, -0.25) is 14.3 Å². The number of fused-ring (bicyclic) bond motifs is 1. The van der Waals surface area contributed by atoms with E-state index in [1.54, 1.807) is 18.3 Å². The number of rotatable bonds is 9. The van der Waals surface area contributed by atoms with Gasteiger partial charge in [0, 0.05) is 44.5 Å². The van der Waals surface area contributed by atoms with Gasteiger partial charge in [0.15, 0.2) is 0 Å². The van der Waals surface area contributed by atoms with E-state index in [0.29, 0.717) is 16.6 Å². The Morgan fingerprint density at radius 1 is 1.11 bits per heavy atom. The lowest BCUT2D eigenvalue weighted by atomic mass is 10.2. The van der Waals surface area contributed by atoms with Crippen LogP contribution in [-0.4, -0.2) is 66.5 Å². The Labute approximate surface area is 198 Å². The van der Waals surface area contributed by atoms with Crippen LogP contribution in [0.3, 0.4) is 0 Å². The van der Waals surface area contributed by atoms with Crippen LogP contribution in [0.1, 0.15) is 16.2 Å². The van der Waals surface area contributed by atoms with Gasteiger partial charge in [-0.05, 0) is 30.3 Å². The molecule has 11 nitrogen and oxygen atoms in total. The number of carbonyl (C=O) groups excluding carboxylic acids is 2. The van der Waals surface area contributed by atoms with Crippen molar-refractivity contribution in [3.8, 4) is 0 Å². The first-order chi connectivity index (χ1) is 16.3. The SMILES string of the molecule is CN(C)S(=O)(=O)NCCNC(=O)Cn1cc2cc(NC(=O)c3cccc(C(F)(F)F)n3)ccc2n1. The molecule has 0 saturated carbocycles. The van der Waals surface area contributed by atoms with Gasteiger partial charge in [0.05, 0.1) is 5.52 Å². The molecule has 0 aliphatic heterocycles. The van der Waals surface area contributed by atoms with Crippen LogP contribution in [0.5, 0.6) is 0 Å². The first-order valence-electron chi connectivity index (χ1n) is 10.1. The molecule has 2 aromatic heterocycles. The van der Waals surface area contributed by atoms with Crippen molar-refractivity contribution in [1.82, 2.24) is 29.1 Å². The third kappa shape index (κ3) is 6.97. The highest BCUT2D eigenvalue weighted by Crippen LogP contribution is 2.27. The molecule has 3 rings (SSSR count). The van der Waals surface area contributed by atoms with Crippen molar-refractivity contribution in [2.45, 2.75) is 12.7 Å². The van der Waals surface area contributed by atoms with Crippen LogP contribution in [0.25, 0.3) is 10.9 Å². The fourth-order valence-electron chi connectivity index (χ4n) is 2.86. The number of aromatic nitrogens is 3. The topological polar surface area (TPSA) is 138 Å². The minimum atomic E-state index is -4.67. The van der Waals surface area contributed by atoms with Gasteiger partial charge in [0.25, 0.3) is 16.1 Å². The van der Waals surface area contributed by atoms with Crippen LogP contribution >= 0.6 is 0 Å². The minimum absolute atomic E-state index is 0.0110. The zero-order valence-corrected chi connectivity index (χ0v) is 19.4. The maximum Gasteiger partial charge on any atom is 0.433 e. The van der Waals surface area contributed by atoms with Gasteiger partial charge in [-0.2, -0.15) is 31.0 Å². The number of alkyl halides is 3. The number of pyridine rings is 1. The maximum absolute atomic E-state index is 12.8. The van der Waals surface area contributed by atoms with E-state index in [-0.39, 0.29) is 25.3 Å². The first-order valence-corrected chi connectivity index (χ1v) is 11.6. The minimum Gasteiger partial charge on any atom is -0.353 e. The van der Waals surface area contributed by atoms with Gasteiger partial charge >= 0.3 is 6.18 Å². The van der Waals surface area contributed by atoms with Crippen molar-refractivity contribution >= 4 is 38.6 Å². The molecular formula is C20H22F3N7O4S. The van der Waals surface area contributed by atoms with E-state index < -0.39 is 33.9 Å². The third-order valence-corrected chi connectivity index (χ3v) is 6.13. The Kier molecular flexibility index (Phi) is 7.72. The van der Waals surface area contributed by atoms with Gasteiger partial charge in [-0.15, -0.1) is 0 Å². The molecule has 2 amide bonds. The zero-order chi connectivity index (χ0) is 25.8. The average Bonchev–Trinajstić information content (AvgIpc) is 3.17. The molecule has 0 saturated heterocycles. The Hall–Kier alpha value is -3.56. The summed E-state index contributed by atoms with van der Waals surface area (Å²) >= 11 is 0. The summed E-state index contributed by atoms with van der Waals surface area (Å²) in [7, 11) is -0.826. The smallest absolute Gasteiger partial charge is 0.353 e. The highest BCUT2D eigenvalue weighted by atomic mass is 32.2. The molecule has 0 aliphatic carbocycles. The monoisotopic (exact) mass is 513 g/mol. The number of hydrogen-bond acceptors (Lipinski definition) is 6. The van der Waals surface area contributed by atoms with Gasteiger partial charge in [-0.25, -0.2) is 9.71 Å². The van der Waals surface area contributed by atoms with E-state index in [1.807, 2.05) is 0 Å². The Morgan fingerprint density at radius 3 is 2.54 bits per heavy atom. The zero-order valence-electron chi connectivity index (χ0n) is 18.6. The number of halogens is 3. The summed E-state index contributed by atoms with van der Waals surface area (Å²) in [6, 6.07) is 7.69. The second kappa shape index (κ2) is 10.4. The van der Waals surface area contributed by atoms with Crippen LogP contribution in [-0.2, 0) is 27.7 Å². The number of amides is 2. The van der Waals surface area contributed by atoms with Crippen LogP contribution < -0.4 is 15.4 Å². The van der Waals surface area contributed by atoms with Crippen molar-refractivity contribution in [2.75, 3.05) is 32.5 Å². The van der Waals surface area contributed by atoms with Crippen LogP contribution in [0.15, 0.2) is 42.6 Å². The molecule has 3 N–H and O–H groups in total. The van der Waals surface area contributed by atoms with Crippen molar-refractivity contribution in [1.29, 1.82) is 0 Å². The number of carbonyl (C=O) groups is 2. The van der Waals surface area contributed by atoms with Crippen LogP contribution in [0.4, 0.5) is 18.9 Å². The average molecular weight is 514 g/mol. The number of benzene rings is 1. The summed E-state index contributed by atoms with van der Waals surface area (Å²) in [6.45, 7) is -0.0471. The van der Waals surface area contributed by atoms with Crippen molar-refractivity contribution < 1.29 is 31.2 Å². The first kappa shape index (κ1) is 26.1. The van der Waals surface area contributed by atoms with Gasteiger partial charge < -0.3 is 10.6 Å². The molecule has 1 aromatic carbocycles. The maximum atomic E-state index is 12.8. The van der Waals surface area contributed by atoms with Crippen molar-refractivity contribution in [2.24, 2.45) is 0 Å². The standard InChI is InChI=1S/C20H22F3N7O4S/c1-29(2)35(33,34)25-9-8-24-18(31)12-30-11-13-10-14(6-7-15(13)28-30)26-19(32)16-4-3-5-17(27-16)20(21,22)23/h3-7,10-11,25H,8-9,12H2,1-2H3,(H,24,31)(H,26,32). The summed E-state index contributed by atoms with van der Waals surface area (Å²) in [5, 5.41) is 9.88. The lowest BCUT2D eigenvalue weighted by Gasteiger charge is -2.12. The van der Waals surface area contributed by atoms with Gasteiger partial charge in [-0.1, -0.05) is 6.07 Å². The van der Waals surface area contributed by atoms with Crippen LogP contribution in [0, 0.1) is 0 Å². The molecular weight excluding hydrogens is 491 g/mol. The van der Waals surface area contributed by atoms with E-state index in [2.05, 4.69) is 25.4 Å². The summed E-state index contributed by atoms with van der Waals surface area (Å²) in [6.07, 6.45) is -3.11. The normalized spacial score (nSPS) is 12.2. The molecule has 2 heterocycles. The highest BCUT2D eigenvalue weighted by Gasteiger charge is 2.33. The van der Waals surface area contributed by atoms with Crippen LogP contribution in [0.2, 0.25) is 0 Å². The number of nitrogens with one attached hydrogen (secondary N) is 3.